The first-order valence-electron chi connectivity index (χ1n) is 7.65. The van der Waals surface area contributed by atoms with Crippen molar-refractivity contribution in [2.75, 3.05) is 13.6 Å². The fraction of sp³-hybridized carbons (Fsp3) is 0.412. The van der Waals surface area contributed by atoms with E-state index in [0.29, 0.717) is 12.3 Å². The van der Waals surface area contributed by atoms with Crippen molar-refractivity contribution in [3.05, 3.63) is 58.3 Å². The van der Waals surface area contributed by atoms with E-state index in [1.54, 1.807) is 12.1 Å². The lowest BCUT2D eigenvalue weighted by atomic mass is 10.00. The predicted molar refractivity (Wildman–Crippen MR) is 86.7 cm³/mol. The monoisotopic (exact) mass is 338 g/mol. The minimum atomic E-state index is -0.387. The van der Waals surface area contributed by atoms with Crippen LogP contribution in [-0.4, -0.2) is 29.6 Å². The quantitative estimate of drug-likeness (QED) is 0.879. The minimum absolute atomic E-state index is 0.0917. The maximum Gasteiger partial charge on any atom is 0.142 e. The molecule has 2 N–H and O–H groups in total. The highest BCUT2D eigenvalue weighted by Crippen LogP contribution is 2.32. The van der Waals surface area contributed by atoms with Crippen molar-refractivity contribution >= 4 is 11.6 Å². The zero-order valence-corrected chi connectivity index (χ0v) is 13.7. The molecular formula is C17H20ClFN2O2. The lowest BCUT2D eigenvalue weighted by Crippen LogP contribution is -2.34. The molecule has 3 rings (SSSR count). The summed E-state index contributed by atoms with van der Waals surface area (Å²) in [7, 11) is 2.04. The fourth-order valence-electron chi connectivity index (χ4n) is 3.18. The number of likely N-dealkylation sites (N-methyl/N-ethyl adjacent to an activating group) is 1. The van der Waals surface area contributed by atoms with Crippen LogP contribution in [0.5, 0.6) is 0 Å². The molecule has 1 fully saturated rings. The lowest BCUT2D eigenvalue weighted by molar-refractivity contribution is 0.240. The van der Waals surface area contributed by atoms with Crippen molar-refractivity contribution in [3.63, 3.8) is 0 Å². The van der Waals surface area contributed by atoms with E-state index in [1.165, 1.54) is 6.07 Å². The van der Waals surface area contributed by atoms with Gasteiger partial charge in [-0.25, -0.2) is 4.39 Å². The first kappa shape index (κ1) is 16.5. The topological polar surface area (TPSA) is 48.6 Å². The van der Waals surface area contributed by atoms with E-state index < -0.39 is 0 Å². The highest BCUT2D eigenvalue weighted by atomic mass is 35.5. The summed E-state index contributed by atoms with van der Waals surface area (Å²) in [5, 5.41) is 12.7. The molecule has 2 aromatic rings. The zero-order valence-electron chi connectivity index (χ0n) is 12.9. The Labute approximate surface area is 139 Å². The van der Waals surface area contributed by atoms with Crippen LogP contribution in [0.25, 0.3) is 0 Å². The third-order valence-electron chi connectivity index (χ3n) is 4.35. The number of halogens is 2. The van der Waals surface area contributed by atoms with Crippen LogP contribution in [0.4, 0.5) is 4.39 Å². The molecule has 6 heteroatoms. The van der Waals surface area contributed by atoms with Crippen LogP contribution in [0.1, 0.15) is 29.5 Å². The Morgan fingerprint density at radius 3 is 2.83 bits per heavy atom. The Hall–Kier alpha value is -1.40. The smallest absolute Gasteiger partial charge is 0.142 e. The van der Waals surface area contributed by atoms with E-state index in [2.05, 4.69) is 10.2 Å². The van der Waals surface area contributed by atoms with Crippen LogP contribution in [-0.2, 0) is 13.2 Å². The van der Waals surface area contributed by atoms with Crippen LogP contribution in [0.15, 0.2) is 34.7 Å². The molecule has 0 radical (unpaired) electrons. The minimum Gasteiger partial charge on any atom is -0.462 e. The second-order valence-corrected chi connectivity index (χ2v) is 6.31. The van der Waals surface area contributed by atoms with Gasteiger partial charge in [-0.05, 0) is 43.3 Å². The number of nitrogens with one attached hydrogen (secondary N) is 1. The van der Waals surface area contributed by atoms with E-state index in [4.69, 9.17) is 21.1 Å². The average molecular weight is 339 g/mol. The summed E-state index contributed by atoms with van der Waals surface area (Å²) < 4.78 is 19.3. The molecule has 0 amide bonds. The molecule has 23 heavy (non-hydrogen) atoms. The van der Waals surface area contributed by atoms with Gasteiger partial charge in [-0.3, -0.25) is 4.90 Å². The van der Waals surface area contributed by atoms with Crippen molar-refractivity contribution in [2.24, 2.45) is 0 Å². The van der Waals surface area contributed by atoms with Crippen LogP contribution in [0.3, 0.4) is 0 Å². The molecule has 2 atom stereocenters. The Balaban J connectivity index is 1.71. The summed E-state index contributed by atoms with van der Waals surface area (Å²) in [5.41, 5.74) is 0.917. The van der Waals surface area contributed by atoms with Crippen LogP contribution < -0.4 is 5.32 Å². The third kappa shape index (κ3) is 3.58. The van der Waals surface area contributed by atoms with Gasteiger partial charge in [0.2, 0.25) is 0 Å². The molecule has 1 aliphatic rings. The lowest BCUT2D eigenvalue weighted by Gasteiger charge is -2.26. The Morgan fingerprint density at radius 2 is 2.13 bits per heavy atom. The van der Waals surface area contributed by atoms with Crippen molar-refractivity contribution in [2.45, 2.75) is 31.7 Å². The van der Waals surface area contributed by atoms with Gasteiger partial charge in [0.1, 0.15) is 23.9 Å². The summed E-state index contributed by atoms with van der Waals surface area (Å²) in [6.07, 6.45) is 0.971. The second-order valence-electron chi connectivity index (χ2n) is 5.90. The van der Waals surface area contributed by atoms with E-state index in [0.717, 1.165) is 24.3 Å². The molecule has 1 aromatic carbocycles. The molecule has 124 valence electrons. The van der Waals surface area contributed by atoms with Gasteiger partial charge in [-0.2, -0.15) is 0 Å². The fourth-order valence-corrected chi connectivity index (χ4v) is 3.30. The maximum absolute atomic E-state index is 13.8. The van der Waals surface area contributed by atoms with Gasteiger partial charge in [-0.1, -0.05) is 17.7 Å². The third-order valence-corrected chi connectivity index (χ3v) is 4.65. The summed E-state index contributed by atoms with van der Waals surface area (Å²) in [6, 6.07) is 8.91. The Kier molecular flexibility index (Phi) is 5.02. The highest BCUT2D eigenvalue weighted by Gasteiger charge is 2.33. The van der Waals surface area contributed by atoms with Gasteiger partial charge < -0.3 is 14.8 Å². The Morgan fingerprint density at radius 1 is 1.35 bits per heavy atom. The first-order valence-corrected chi connectivity index (χ1v) is 8.03. The van der Waals surface area contributed by atoms with Gasteiger partial charge in [-0.15, -0.1) is 0 Å². The van der Waals surface area contributed by atoms with Gasteiger partial charge in [0, 0.05) is 18.6 Å². The Bertz CT molecular complexity index is 676. The molecule has 0 saturated carbocycles. The molecule has 0 aliphatic carbocycles. The predicted octanol–water partition coefficient (Wildman–Crippen LogP) is 3.10. The molecule has 1 aliphatic heterocycles. The normalized spacial score (nSPS) is 21.9. The molecule has 0 spiro atoms. The van der Waals surface area contributed by atoms with Gasteiger partial charge in [0.05, 0.1) is 11.6 Å². The van der Waals surface area contributed by atoms with E-state index in [-0.39, 0.29) is 29.5 Å². The number of rotatable bonds is 5. The van der Waals surface area contributed by atoms with Crippen LogP contribution >= 0.6 is 11.6 Å². The number of aliphatic hydroxyl groups excluding tert-OH is 1. The zero-order chi connectivity index (χ0) is 16.4. The number of hydrogen-bond acceptors (Lipinski definition) is 4. The largest absolute Gasteiger partial charge is 0.462 e. The number of hydrogen-bond donors (Lipinski definition) is 2. The first-order chi connectivity index (χ1) is 11.1. The molecule has 1 aromatic heterocycles. The molecule has 2 heterocycles. The number of likely N-dealkylation sites (tertiary alicyclic amines) is 1. The van der Waals surface area contributed by atoms with Crippen molar-refractivity contribution < 1.29 is 13.9 Å². The van der Waals surface area contributed by atoms with Crippen molar-refractivity contribution in [3.8, 4) is 0 Å². The molecular weight excluding hydrogens is 319 g/mol. The molecule has 0 unspecified atom stereocenters. The van der Waals surface area contributed by atoms with E-state index >= 15 is 0 Å². The summed E-state index contributed by atoms with van der Waals surface area (Å²) in [6.45, 7) is 1.41. The summed E-state index contributed by atoms with van der Waals surface area (Å²) in [4.78, 5) is 2.21. The number of furan rings is 1. The number of aliphatic hydroxyl groups is 1. The summed E-state index contributed by atoms with van der Waals surface area (Å²) in [5.74, 6) is 0.952. The van der Waals surface area contributed by atoms with Crippen LogP contribution in [0.2, 0.25) is 5.02 Å². The van der Waals surface area contributed by atoms with Crippen molar-refractivity contribution in [1.82, 2.24) is 10.2 Å². The number of nitrogens with zero attached hydrogens (tertiary/aromatic N) is 1. The second kappa shape index (κ2) is 7.01. The van der Waals surface area contributed by atoms with Gasteiger partial charge >= 0.3 is 0 Å². The van der Waals surface area contributed by atoms with Crippen LogP contribution in [0, 0.1) is 5.82 Å². The molecule has 4 nitrogen and oxygen atoms in total. The van der Waals surface area contributed by atoms with Gasteiger partial charge in [0.25, 0.3) is 0 Å². The van der Waals surface area contributed by atoms with E-state index in [1.807, 2.05) is 19.2 Å². The highest BCUT2D eigenvalue weighted by molar-refractivity contribution is 6.30. The molecule has 0 bridgehead atoms. The maximum atomic E-state index is 13.8. The average Bonchev–Trinajstić information content (AvgIpc) is 3.14. The number of benzene rings is 1. The summed E-state index contributed by atoms with van der Waals surface area (Å²) >= 11 is 5.78. The van der Waals surface area contributed by atoms with Crippen molar-refractivity contribution in [1.29, 1.82) is 0 Å². The van der Waals surface area contributed by atoms with Gasteiger partial charge in [0.15, 0.2) is 0 Å². The van der Waals surface area contributed by atoms with E-state index in [9.17, 15) is 4.39 Å². The standard InChI is InChI=1S/C17H20ClFN2O2/c1-21-7-6-16(20-9-12-3-4-13(10-22)23-12)17(21)11-2-5-14(18)15(19)8-11/h2-5,8,16-17,20,22H,6-7,9-10H2,1H3/t16-,17+/m1/s1. The SMILES string of the molecule is CN1CC[C@@H](NCc2ccc(CO)o2)[C@@H]1c1ccc(Cl)c(F)c1. The molecule has 1 saturated heterocycles.